The van der Waals surface area contributed by atoms with Crippen LogP contribution in [0.1, 0.15) is 110 Å². The van der Waals surface area contributed by atoms with Crippen molar-refractivity contribution in [2.24, 2.45) is 5.10 Å². The standard InChI is InChI=1S/C49H59N9O7/c1-34-12-10-13-36(30-34)32-50-56-41-31-42(57-25-28-64-29-26-57)54-49(53-41)65-27-24-35-18-20-38(21-19-35)51-43(59)16-8-6-4-2-3-5-7-9-17-44(60)52-39-15-11-14-37-33-58(48(63)46(37)39)40-22-23-45(61)55-47(40)62/h10-15,18-21,30-32,40H,2-9,16-17,22-29,33H2,1H3,(H,51,59)(H,52,60)(H,53,54,56)(H,55,61,62)/b50-32+. The average molecular weight is 886 g/mol. The van der Waals surface area contributed by atoms with Gasteiger partial charge in [0.2, 0.25) is 23.6 Å². The highest BCUT2D eigenvalue weighted by atomic mass is 16.5. The first-order chi connectivity index (χ1) is 31.7. The summed E-state index contributed by atoms with van der Waals surface area (Å²) >= 11 is 0. The molecule has 0 bridgehead atoms. The minimum atomic E-state index is -0.700. The van der Waals surface area contributed by atoms with Gasteiger partial charge in [0.15, 0.2) is 5.82 Å². The number of carbonyl (C=O) groups excluding carboxylic acids is 5. The lowest BCUT2D eigenvalue weighted by atomic mass is 10.0. The van der Waals surface area contributed by atoms with E-state index < -0.39 is 11.9 Å². The maximum Gasteiger partial charge on any atom is 0.320 e. The van der Waals surface area contributed by atoms with Gasteiger partial charge in [-0.25, -0.2) is 0 Å². The van der Waals surface area contributed by atoms with Crippen LogP contribution in [0.15, 0.2) is 77.9 Å². The number of piperidine rings is 1. The number of rotatable bonds is 22. The van der Waals surface area contributed by atoms with Gasteiger partial charge in [0.05, 0.1) is 37.3 Å². The Bertz CT molecular complexity index is 2330. The minimum Gasteiger partial charge on any atom is -0.463 e. The zero-order valence-corrected chi connectivity index (χ0v) is 37.1. The summed E-state index contributed by atoms with van der Waals surface area (Å²) in [6.45, 7) is 5.39. The molecule has 3 aliphatic heterocycles. The summed E-state index contributed by atoms with van der Waals surface area (Å²) in [6.07, 6.45) is 11.4. The van der Waals surface area contributed by atoms with Crippen molar-refractivity contribution in [2.45, 2.75) is 103 Å². The van der Waals surface area contributed by atoms with Gasteiger partial charge in [-0.15, -0.1) is 0 Å². The highest BCUT2D eigenvalue weighted by Gasteiger charge is 2.40. The Hall–Kier alpha value is -6.68. The molecule has 4 heterocycles. The SMILES string of the molecule is Cc1cccc(/C=N/Nc2cc(N3CCOCC3)nc(OCCc3ccc(NC(=O)CCCCCCCCCCC(=O)Nc4cccc5c4C(=O)N(C4CCC(=O)NC4=O)C5)cc3)n2)c1. The number of hydrogen-bond acceptors (Lipinski definition) is 12. The Kier molecular flexibility index (Phi) is 16.6. The van der Waals surface area contributed by atoms with Gasteiger partial charge in [-0.05, 0) is 61.1 Å². The molecule has 65 heavy (non-hydrogen) atoms. The van der Waals surface area contributed by atoms with Crippen molar-refractivity contribution in [1.82, 2.24) is 20.2 Å². The molecule has 4 aromatic rings. The number of hydrogen-bond donors (Lipinski definition) is 4. The number of morpholine rings is 1. The first-order valence-corrected chi connectivity index (χ1v) is 22.8. The van der Waals surface area contributed by atoms with Crippen LogP contribution in [0.4, 0.5) is 23.0 Å². The zero-order chi connectivity index (χ0) is 45.4. The van der Waals surface area contributed by atoms with Crippen LogP contribution < -0.4 is 31.0 Å². The summed E-state index contributed by atoms with van der Waals surface area (Å²) in [7, 11) is 0. The van der Waals surface area contributed by atoms with Crippen LogP contribution in [0, 0.1) is 6.92 Å². The Morgan fingerprint density at radius 1 is 0.862 bits per heavy atom. The van der Waals surface area contributed by atoms with Crippen molar-refractivity contribution in [1.29, 1.82) is 0 Å². The number of nitrogens with one attached hydrogen (secondary N) is 4. The molecule has 1 atom stereocenters. The van der Waals surface area contributed by atoms with Gasteiger partial charge in [0, 0.05) is 57.1 Å². The molecule has 5 amide bonds. The molecular weight excluding hydrogens is 827 g/mol. The second-order valence-corrected chi connectivity index (χ2v) is 16.7. The van der Waals surface area contributed by atoms with E-state index >= 15 is 0 Å². The van der Waals surface area contributed by atoms with E-state index in [0.717, 1.165) is 98.2 Å². The smallest absolute Gasteiger partial charge is 0.320 e. The van der Waals surface area contributed by atoms with E-state index in [9.17, 15) is 24.0 Å². The van der Waals surface area contributed by atoms with Crippen LogP contribution in [0.2, 0.25) is 0 Å². The number of carbonyl (C=O) groups is 5. The molecule has 0 radical (unpaired) electrons. The Balaban J connectivity index is 0.739. The molecule has 0 spiro atoms. The quantitative estimate of drug-likeness (QED) is 0.0277. The number of fused-ring (bicyclic) bond motifs is 1. The van der Waals surface area contributed by atoms with Gasteiger partial charge in [0.25, 0.3) is 5.91 Å². The lowest BCUT2D eigenvalue weighted by molar-refractivity contribution is -0.137. The first kappa shape index (κ1) is 46.3. The molecule has 16 heteroatoms. The van der Waals surface area contributed by atoms with E-state index in [4.69, 9.17) is 9.47 Å². The summed E-state index contributed by atoms with van der Waals surface area (Å²) in [4.78, 5) is 75.6. The predicted molar refractivity (Wildman–Crippen MR) is 249 cm³/mol. The monoisotopic (exact) mass is 885 g/mol. The van der Waals surface area contributed by atoms with E-state index in [1.54, 1.807) is 18.3 Å². The number of unbranched alkanes of at least 4 members (excludes halogenated alkanes) is 7. The Labute approximate surface area is 379 Å². The van der Waals surface area contributed by atoms with E-state index in [1.807, 2.05) is 61.5 Å². The van der Waals surface area contributed by atoms with Crippen LogP contribution in [-0.2, 0) is 36.9 Å². The summed E-state index contributed by atoms with van der Waals surface area (Å²) in [6, 6.07) is 22.6. The number of benzene rings is 3. The van der Waals surface area contributed by atoms with Crippen LogP contribution in [-0.4, -0.2) is 89.6 Å². The molecule has 2 saturated heterocycles. The molecule has 7 rings (SSSR count). The second-order valence-electron chi connectivity index (χ2n) is 16.7. The van der Waals surface area contributed by atoms with Crippen molar-refractivity contribution in [3.05, 3.63) is 101 Å². The molecular formula is C49H59N9O7. The molecule has 0 aliphatic carbocycles. The number of aromatic nitrogens is 2. The van der Waals surface area contributed by atoms with Gasteiger partial charge >= 0.3 is 6.01 Å². The van der Waals surface area contributed by atoms with Crippen molar-refractivity contribution in [3.8, 4) is 6.01 Å². The zero-order valence-electron chi connectivity index (χ0n) is 37.1. The Morgan fingerprint density at radius 3 is 2.29 bits per heavy atom. The van der Waals surface area contributed by atoms with Crippen LogP contribution in [0.25, 0.3) is 0 Å². The molecule has 1 unspecified atom stereocenters. The second kappa shape index (κ2) is 23.3. The molecule has 342 valence electrons. The maximum atomic E-state index is 13.3. The van der Waals surface area contributed by atoms with E-state index in [0.29, 0.717) is 56.2 Å². The van der Waals surface area contributed by atoms with E-state index in [-0.39, 0.29) is 49.0 Å². The first-order valence-electron chi connectivity index (χ1n) is 22.8. The molecule has 2 fully saturated rings. The number of imide groups is 1. The third-order valence-corrected chi connectivity index (χ3v) is 11.7. The molecule has 3 aliphatic rings. The molecule has 16 nitrogen and oxygen atoms in total. The largest absolute Gasteiger partial charge is 0.463 e. The third-order valence-electron chi connectivity index (χ3n) is 11.7. The van der Waals surface area contributed by atoms with Gasteiger partial charge in [-0.2, -0.15) is 15.1 Å². The van der Waals surface area contributed by atoms with Gasteiger partial charge in [-0.3, -0.25) is 34.7 Å². The maximum absolute atomic E-state index is 13.3. The fourth-order valence-electron chi connectivity index (χ4n) is 8.21. The van der Waals surface area contributed by atoms with Crippen LogP contribution in [0.3, 0.4) is 0 Å². The number of hydrazone groups is 1. The van der Waals surface area contributed by atoms with Gasteiger partial charge in [-0.1, -0.05) is 92.6 Å². The van der Waals surface area contributed by atoms with Crippen molar-refractivity contribution in [3.63, 3.8) is 0 Å². The molecule has 1 aromatic heterocycles. The summed E-state index contributed by atoms with van der Waals surface area (Å²) in [5.41, 5.74) is 8.62. The number of amides is 5. The number of ether oxygens (including phenoxy) is 2. The third kappa shape index (κ3) is 13.7. The minimum absolute atomic E-state index is 0.000698. The predicted octanol–water partition coefficient (Wildman–Crippen LogP) is 6.93. The van der Waals surface area contributed by atoms with Crippen molar-refractivity contribution < 1.29 is 33.4 Å². The van der Waals surface area contributed by atoms with Crippen molar-refractivity contribution >= 4 is 58.8 Å². The average Bonchev–Trinajstić information content (AvgIpc) is 3.64. The lowest BCUT2D eigenvalue weighted by Gasteiger charge is -2.29. The highest BCUT2D eigenvalue weighted by Crippen LogP contribution is 2.32. The van der Waals surface area contributed by atoms with Crippen LogP contribution in [0.5, 0.6) is 6.01 Å². The summed E-state index contributed by atoms with van der Waals surface area (Å²) < 4.78 is 11.6. The highest BCUT2D eigenvalue weighted by molar-refractivity contribution is 6.09. The topological polar surface area (TPSA) is 197 Å². The summed E-state index contributed by atoms with van der Waals surface area (Å²) in [5.74, 6) is 0.0401. The van der Waals surface area contributed by atoms with Gasteiger partial charge in [0.1, 0.15) is 11.9 Å². The molecule has 4 N–H and O–H groups in total. The number of anilines is 4. The summed E-state index contributed by atoms with van der Waals surface area (Å²) in [5, 5.41) is 12.6. The van der Waals surface area contributed by atoms with Gasteiger partial charge < -0.3 is 29.9 Å². The number of aryl methyl sites for hydroxylation is 1. The Morgan fingerprint density at radius 2 is 1.57 bits per heavy atom. The molecule has 3 aromatic carbocycles. The molecule has 0 saturated carbocycles. The van der Waals surface area contributed by atoms with E-state index in [1.165, 1.54) is 4.90 Å². The van der Waals surface area contributed by atoms with Crippen molar-refractivity contribution in [2.75, 3.05) is 53.9 Å². The van der Waals surface area contributed by atoms with E-state index in [2.05, 4.69) is 47.4 Å². The fourth-order valence-corrected chi connectivity index (χ4v) is 8.21. The lowest BCUT2D eigenvalue weighted by Crippen LogP contribution is -2.52. The number of nitrogens with zero attached hydrogens (tertiary/aromatic N) is 5. The normalized spacial score (nSPS) is 16.1. The van der Waals surface area contributed by atoms with Crippen LogP contribution >= 0.6 is 0 Å². The fraction of sp³-hybridized carbons (Fsp3) is 0.429.